The number of ether oxygens (including phenoxy) is 1. The number of cyclic esters (lactones) is 1. The van der Waals surface area contributed by atoms with Crippen molar-refractivity contribution in [3.05, 3.63) is 35.7 Å². The molecule has 1 aromatic rings. The fourth-order valence-corrected chi connectivity index (χ4v) is 3.26. The number of nitriles is 1. The van der Waals surface area contributed by atoms with Crippen molar-refractivity contribution >= 4 is 23.4 Å². The Morgan fingerprint density at radius 1 is 1.52 bits per heavy atom. The Balaban J connectivity index is 1.68. The first-order valence-electron chi connectivity index (χ1n) is 8.80. The number of carbonyl (C=O) groups excluding carboxylic acids is 2. The van der Waals surface area contributed by atoms with Gasteiger partial charge in [-0.3, -0.25) is 9.69 Å². The lowest BCUT2D eigenvalue weighted by molar-refractivity contribution is -0.119. The first-order chi connectivity index (χ1) is 13.0. The van der Waals surface area contributed by atoms with E-state index in [-0.39, 0.29) is 19.0 Å². The van der Waals surface area contributed by atoms with Crippen molar-refractivity contribution in [1.29, 1.82) is 5.26 Å². The summed E-state index contributed by atoms with van der Waals surface area (Å²) in [4.78, 5) is 26.3. The van der Waals surface area contributed by atoms with Crippen LogP contribution in [0.2, 0.25) is 0 Å². The highest BCUT2D eigenvalue weighted by molar-refractivity contribution is 5.90. The second kappa shape index (κ2) is 8.08. The highest BCUT2D eigenvalue weighted by atomic mass is 19.1. The molecule has 1 N–H and O–H groups in total. The highest BCUT2D eigenvalue weighted by Gasteiger charge is 2.33. The van der Waals surface area contributed by atoms with Gasteiger partial charge in [0.25, 0.3) is 0 Å². The summed E-state index contributed by atoms with van der Waals surface area (Å²) in [6.07, 6.45) is 2.05. The zero-order valence-electron chi connectivity index (χ0n) is 15.1. The maximum atomic E-state index is 14.7. The second-order valence-corrected chi connectivity index (χ2v) is 6.59. The van der Waals surface area contributed by atoms with Crippen LogP contribution in [0.4, 0.5) is 20.6 Å². The SMILES string of the molecule is CC(=O)NCC1CN(c2ccc(N3CCC(=CCC#N)C3)c(F)c2)C(=O)O1. The predicted octanol–water partition coefficient (Wildman–Crippen LogP) is 2.34. The average molecular weight is 372 g/mol. The van der Waals surface area contributed by atoms with Crippen LogP contribution in [0, 0.1) is 17.1 Å². The lowest BCUT2D eigenvalue weighted by Gasteiger charge is -2.20. The van der Waals surface area contributed by atoms with Crippen molar-refractivity contribution in [2.45, 2.75) is 25.9 Å². The molecule has 1 unspecified atom stereocenters. The number of nitrogens with zero attached hydrogens (tertiary/aromatic N) is 3. The fraction of sp³-hybridized carbons (Fsp3) is 0.421. The molecule has 2 amide bonds. The summed E-state index contributed by atoms with van der Waals surface area (Å²) in [5, 5.41) is 11.3. The number of amides is 2. The van der Waals surface area contributed by atoms with Crippen molar-refractivity contribution in [1.82, 2.24) is 5.32 Å². The van der Waals surface area contributed by atoms with Crippen LogP contribution in [0.5, 0.6) is 0 Å². The Bertz CT molecular complexity index is 818. The van der Waals surface area contributed by atoms with Crippen LogP contribution in [0.15, 0.2) is 29.8 Å². The number of hydrogen-bond acceptors (Lipinski definition) is 5. The van der Waals surface area contributed by atoms with Crippen LogP contribution >= 0.6 is 0 Å². The minimum Gasteiger partial charge on any atom is -0.442 e. The Labute approximate surface area is 157 Å². The molecular weight excluding hydrogens is 351 g/mol. The largest absolute Gasteiger partial charge is 0.442 e. The first kappa shape index (κ1) is 18.7. The highest BCUT2D eigenvalue weighted by Crippen LogP contribution is 2.30. The quantitative estimate of drug-likeness (QED) is 0.802. The van der Waals surface area contributed by atoms with Gasteiger partial charge in [0.2, 0.25) is 5.91 Å². The van der Waals surface area contributed by atoms with Gasteiger partial charge in [-0.2, -0.15) is 5.26 Å². The number of halogens is 1. The van der Waals surface area contributed by atoms with Crippen molar-refractivity contribution in [3.63, 3.8) is 0 Å². The molecule has 7 nitrogen and oxygen atoms in total. The van der Waals surface area contributed by atoms with E-state index in [1.54, 1.807) is 12.1 Å². The van der Waals surface area contributed by atoms with Crippen molar-refractivity contribution < 1.29 is 18.7 Å². The molecule has 27 heavy (non-hydrogen) atoms. The molecule has 8 heteroatoms. The third kappa shape index (κ3) is 4.37. The molecular formula is C19H21FN4O3. The topological polar surface area (TPSA) is 85.7 Å². The molecule has 2 heterocycles. The molecule has 0 aromatic heterocycles. The molecule has 0 aliphatic carbocycles. The van der Waals surface area contributed by atoms with Gasteiger partial charge in [0.1, 0.15) is 11.9 Å². The van der Waals surface area contributed by atoms with E-state index < -0.39 is 18.0 Å². The third-order valence-corrected chi connectivity index (χ3v) is 4.62. The van der Waals surface area contributed by atoms with Crippen molar-refractivity contribution in [3.8, 4) is 6.07 Å². The van der Waals surface area contributed by atoms with Crippen molar-refractivity contribution in [2.24, 2.45) is 0 Å². The molecule has 142 valence electrons. The molecule has 2 fully saturated rings. The Kier molecular flexibility index (Phi) is 5.60. The van der Waals surface area contributed by atoms with Gasteiger partial charge in [0, 0.05) is 20.0 Å². The van der Waals surface area contributed by atoms with Crippen LogP contribution in [0.25, 0.3) is 0 Å². The van der Waals surface area contributed by atoms with E-state index >= 15 is 0 Å². The number of anilines is 2. The normalized spacial score (nSPS) is 20.7. The molecule has 1 aromatic carbocycles. The number of benzene rings is 1. The van der Waals surface area contributed by atoms with Gasteiger partial charge in [-0.1, -0.05) is 11.6 Å². The predicted molar refractivity (Wildman–Crippen MR) is 97.8 cm³/mol. The Morgan fingerprint density at radius 3 is 3.04 bits per heavy atom. The molecule has 2 saturated heterocycles. The van der Waals surface area contributed by atoms with Crippen LogP contribution < -0.4 is 15.1 Å². The van der Waals surface area contributed by atoms with Crippen LogP contribution in [-0.2, 0) is 9.53 Å². The number of rotatable bonds is 5. The number of nitrogens with one attached hydrogen (secondary N) is 1. The molecule has 3 rings (SSSR count). The van der Waals surface area contributed by atoms with E-state index in [0.29, 0.717) is 30.9 Å². The Hall–Kier alpha value is -3.08. The van der Waals surface area contributed by atoms with Gasteiger partial charge in [0.05, 0.1) is 37.0 Å². The van der Waals surface area contributed by atoms with E-state index in [1.807, 2.05) is 11.0 Å². The summed E-state index contributed by atoms with van der Waals surface area (Å²) in [5.41, 5.74) is 2.02. The first-order valence-corrected chi connectivity index (χ1v) is 8.80. The minimum atomic E-state index is -0.555. The Morgan fingerprint density at radius 2 is 2.33 bits per heavy atom. The molecule has 2 aliphatic rings. The van der Waals surface area contributed by atoms with Gasteiger partial charge in [-0.15, -0.1) is 0 Å². The average Bonchev–Trinajstić information content (AvgIpc) is 3.24. The van der Waals surface area contributed by atoms with E-state index in [4.69, 9.17) is 10.00 Å². The second-order valence-electron chi connectivity index (χ2n) is 6.59. The summed E-state index contributed by atoms with van der Waals surface area (Å²) in [6.45, 7) is 3.16. The monoisotopic (exact) mass is 372 g/mol. The summed E-state index contributed by atoms with van der Waals surface area (Å²) in [5.74, 6) is -0.610. The summed E-state index contributed by atoms with van der Waals surface area (Å²) in [6, 6.07) is 6.76. The third-order valence-electron chi connectivity index (χ3n) is 4.62. The standard InChI is InChI=1S/C19H21FN4O3/c1-13(25)22-10-16-12-24(19(26)27-16)15-4-5-18(17(20)9-15)23-8-6-14(11-23)3-2-7-21/h3-5,9,16H,2,6,8,10-12H2,1H3,(H,22,25). The van der Waals surface area contributed by atoms with Gasteiger partial charge in [0.15, 0.2) is 0 Å². The lowest BCUT2D eigenvalue weighted by atomic mass is 10.2. The number of carbonyl (C=O) groups is 2. The smallest absolute Gasteiger partial charge is 0.414 e. The van der Waals surface area contributed by atoms with Gasteiger partial charge < -0.3 is 15.0 Å². The van der Waals surface area contributed by atoms with Gasteiger partial charge in [-0.25, -0.2) is 9.18 Å². The lowest BCUT2D eigenvalue weighted by Crippen LogP contribution is -2.33. The number of hydrogen-bond donors (Lipinski definition) is 1. The fourth-order valence-electron chi connectivity index (χ4n) is 3.26. The van der Waals surface area contributed by atoms with E-state index in [1.165, 1.54) is 17.9 Å². The van der Waals surface area contributed by atoms with Crippen LogP contribution in [0.1, 0.15) is 19.8 Å². The maximum absolute atomic E-state index is 14.7. The van der Waals surface area contributed by atoms with Gasteiger partial charge >= 0.3 is 6.09 Å². The summed E-state index contributed by atoms with van der Waals surface area (Å²) in [7, 11) is 0. The number of allylic oxidation sites excluding steroid dienone is 1. The molecule has 2 aliphatic heterocycles. The molecule has 0 spiro atoms. The van der Waals surface area contributed by atoms with E-state index in [9.17, 15) is 14.0 Å². The van der Waals surface area contributed by atoms with Crippen LogP contribution in [0.3, 0.4) is 0 Å². The van der Waals surface area contributed by atoms with Crippen LogP contribution in [-0.4, -0.2) is 44.3 Å². The molecule has 0 saturated carbocycles. The van der Waals surface area contributed by atoms with Gasteiger partial charge in [-0.05, 0) is 24.6 Å². The zero-order chi connectivity index (χ0) is 19.4. The maximum Gasteiger partial charge on any atom is 0.414 e. The minimum absolute atomic E-state index is 0.200. The van der Waals surface area contributed by atoms with E-state index in [2.05, 4.69) is 11.4 Å². The summed E-state index contributed by atoms with van der Waals surface area (Å²) < 4.78 is 19.9. The van der Waals surface area contributed by atoms with E-state index in [0.717, 1.165) is 12.0 Å². The van der Waals surface area contributed by atoms with Crippen molar-refractivity contribution in [2.75, 3.05) is 36.0 Å². The zero-order valence-corrected chi connectivity index (χ0v) is 15.1. The molecule has 0 radical (unpaired) electrons. The molecule has 1 atom stereocenters. The molecule has 0 bridgehead atoms. The summed E-state index contributed by atoms with van der Waals surface area (Å²) >= 11 is 0.